The lowest BCUT2D eigenvalue weighted by Gasteiger charge is -2.28. The summed E-state index contributed by atoms with van der Waals surface area (Å²) in [4.78, 5) is 14.8. The van der Waals surface area contributed by atoms with Crippen LogP contribution in [0.25, 0.3) is 0 Å². The Kier molecular flexibility index (Phi) is 5.60. The second-order valence-corrected chi connectivity index (χ2v) is 3.90. The van der Waals surface area contributed by atoms with E-state index < -0.39 is 5.97 Å². The molecule has 0 unspecified atom stereocenters. The zero-order chi connectivity index (χ0) is 11.1. The second-order valence-electron chi connectivity index (χ2n) is 3.90. The van der Waals surface area contributed by atoms with Gasteiger partial charge >= 0.3 is 5.97 Å². The lowest BCUT2D eigenvalue weighted by atomic mass is 10.3. The van der Waals surface area contributed by atoms with Crippen LogP contribution in [0.4, 0.5) is 0 Å². The molecule has 0 aromatic carbocycles. The second kappa shape index (κ2) is 6.76. The molecular weight excluding hydrogens is 196 g/mol. The fourth-order valence-electron chi connectivity index (χ4n) is 1.54. The molecule has 5 nitrogen and oxygen atoms in total. The fraction of sp³-hybridized carbons (Fsp3) is 0.900. The molecule has 0 saturated carbocycles. The summed E-state index contributed by atoms with van der Waals surface area (Å²) >= 11 is 0. The van der Waals surface area contributed by atoms with Gasteiger partial charge in [0.15, 0.2) is 0 Å². The maximum absolute atomic E-state index is 10.4. The highest BCUT2D eigenvalue weighted by Crippen LogP contribution is 1.97. The number of hydrogen-bond donors (Lipinski definition) is 1. The number of ether oxygens (including phenoxy) is 1. The number of carbonyl (C=O) groups is 1. The highest BCUT2D eigenvalue weighted by Gasteiger charge is 2.10. The van der Waals surface area contributed by atoms with Crippen molar-refractivity contribution in [3.05, 3.63) is 0 Å². The third-order valence-electron chi connectivity index (χ3n) is 2.61. The first-order chi connectivity index (χ1) is 7.18. The third-order valence-corrected chi connectivity index (χ3v) is 2.61. The number of carboxylic acids is 1. The van der Waals surface area contributed by atoms with Crippen LogP contribution in [0.3, 0.4) is 0 Å². The molecule has 15 heavy (non-hydrogen) atoms. The van der Waals surface area contributed by atoms with Gasteiger partial charge in [0.25, 0.3) is 0 Å². The monoisotopic (exact) mass is 216 g/mol. The van der Waals surface area contributed by atoms with Crippen molar-refractivity contribution in [3.8, 4) is 0 Å². The number of morpholine rings is 1. The maximum atomic E-state index is 10.4. The summed E-state index contributed by atoms with van der Waals surface area (Å²) in [6.07, 6.45) is 0.222. The lowest BCUT2D eigenvalue weighted by molar-refractivity contribution is -0.137. The predicted octanol–water partition coefficient (Wildman–Crippen LogP) is -0.275. The molecule has 0 atom stereocenters. The zero-order valence-electron chi connectivity index (χ0n) is 9.31. The van der Waals surface area contributed by atoms with Gasteiger partial charge in [-0.1, -0.05) is 0 Å². The van der Waals surface area contributed by atoms with Crippen LogP contribution in [-0.2, 0) is 9.53 Å². The average molecular weight is 216 g/mol. The van der Waals surface area contributed by atoms with E-state index >= 15 is 0 Å². The van der Waals surface area contributed by atoms with Gasteiger partial charge in [-0.25, -0.2) is 0 Å². The van der Waals surface area contributed by atoms with Crippen LogP contribution in [0.15, 0.2) is 0 Å². The molecule has 0 aromatic rings. The molecule has 0 aromatic heterocycles. The van der Waals surface area contributed by atoms with Gasteiger partial charge in [-0.3, -0.25) is 9.69 Å². The standard InChI is InChI=1S/C10H20N2O3/c1-11(3-2-10(13)14)4-5-12-6-8-15-9-7-12/h2-9H2,1H3,(H,13,14). The van der Waals surface area contributed by atoms with E-state index in [0.29, 0.717) is 6.54 Å². The Morgan fingerprint density at radius 1 is 1.40 bits per heavy atom. The van der Waals surface area contributed by atoms with Crippen LogP contribution < -0.4 is 0 Å². The number of aliphatic carboxylic acids is 1. The minimum absolute atomic E-state index is 0.222. The van der Waals surface area contributed by atoms with Crippen molar-refractivity contribution in [1.29, 1.82) is 0 Å². The number of hydrogen-bond acceptors (Lipinski definition) is 4. The molecule has 1 fully saturated rings. The van der Waals surface area contributed by atoms with E-state index in [2.05, 4.69) is 9.80 Å². The van der Waals surface area contributed by atoms with Crippen LogP contribution in [-0.4, -0.2) is 73.9 Å². The van der Waals surface area contributed by atoms with Crippen LogP contribution >= 0.6 is 0 Å². The normalized spacial score (nSPS) is 18.3. The zero-order valence-corrected chi connectivity index (χ0v) is 9.31. The highest BCUT2D eigenvalue weighted by atomic mass is 16.5. The van der Waals surface area contributed by atoms with E-state index in [1.54, 1.807) is 0 Å². The summed E-state index contributed by atoms with van der Waals surface area (Å²) in [5, 5.41) is 8.53. The van der Waals surface area contributed by atoms with Gasteiger partial charge in [0, 0.05) is 32.7 Å². The summed E-state index contributed by atoms with van der Waals surface area (Å²) in [6.45, 7) is 6.17. The van der Waals surface area contributed by atoms with Crippen LogP contribution in [0.1, 0.15) is 6.42 Å². The van der Waals surface area contributed by atoms with Gasteiger partial charge in [0.2, 0.25) is 0 Å². The topological polar surface area (TPSA) is 53.0 Å². The Morgan fingerprint density at radius 3 is 2.67 bits per heavy atom. The average Bonchev–Trinajstić information content (AvgIpc) is 2.25. The summed E-state index contributed by atoms with van der Waals surface area (Å²) in [5.74, 6) is -0.728. The molecule has 88 valence electrons. The van der Waals surface area contributed by atoms with E-state index in [0.717, 1.165) is 39.4 Å². The number of carboxylic acid groups (broad SMARTS) is 1. The lowest BCUT2D eigenvalue weighted by Crippen LogP contribution is -2.41. The van der Waals surface area contributed by atoms with Crippen molar-refractivity contribution in [2.24, 2.45) is 0 Å². The van der Waals surface area contributed by atoms with E-state index in [-0.39, 0.29) is 6.42 Å². The Bertz CT molecular complexity index is 193. The van der Waals surface area contributed by atoms with Gasteiger partial charge in [-0.15, -0.1) is 0 Å². The fourth-order valence-corrected chi connectivity index (χ4v) is 1.54. The third kappa shape index (κ3) is 5.71. The van der Waals surface area contributed by atoms with Crippen LogP contribution in [0, 0.1) is 0 Å². The Morgan fingerprint density at radius 2 is 2.07 bits per heavy atom. The molecular formula is C10H20N2O3. The maximum Gasteiger partial charge on any atom is 0.304 e. The minimum Gasteiger partial charge on any atom is -0.481 e. The van der Waals surface area contributed by atoms with Crippen LogP contribution in [0.2, 0.25) is 0 Å². The highest BCUT2D eigenvalue weighted by molar-refractivity contribution is 5.66. The van der Waals surface area contributed by atoms with Gasteiger partial charge in [-0.05, 0) is 7.05 Å². The summed E-state index contributed by atoms with van der Waals surface area (Å²) in [5.41, 5.74) is 0. The molecule has 0 aliphatic carbocycles. The molecule has 0 bridgehead atoms. The van der Waals surface area contributed by atoms with Gasteiger partial charge in [-0.2, -0.15) is 0 Å². The Hall–Kier alpha value is -0.650. The van der Waals surface area contributed by atoms with Gasteiger partial charge in [0.1, 0.15) is 0 Å². The number of rotatable bonds is 6. The summed E-state index contributed by atoms with van der Waals surface area (Å²) in [7, 11) is 1.96. The first-order valence-corrected chi connectivity index (χ1v) is 5.39. The predicted molar refractivity (Wildman–Crippen MR) is 57.0 cm³/mol. The van der Waals surface area contributed by atoms with Gasteiger partial charge in [0.05, 0.1) is 19.6 Å². The molecule has 0 spiro atoms. The minimum atomic E-state index is -0.728. The van der Waals surface area contributed by atoms with Crippen molar-refractivity contribution in [2.75, 3.05) is 53.0 Å². The molecule has 1 aliphatic heterocycles. The largest absolute Gasteiger partial charge is 0.481 e. The summed E-state index contributed by atoms with van der Waals surface area (Å²) < 4.78 is 5.25. The number of likely N-dealkylation sites (N-methyl/N-ethyl adjacent to an activating group) is 1. The smallest absolute Gasteiger partial charge is 0.304 e. The molecule has 5 heteroatoms. The van der Waals surface area contributed by atoms with E-state index in [1.807, 2.05) is 7.05 Å². The van der Waals surface area contributed by atoms with E-state index in [9.17, 15) is 4.79 Å². The summed E-state index contributed by atoms with van der Waals surface area (Å²) in [6, 6.07) is 0. The molecule has 1 heterocycles. The van der Waals surface area contributed by atoms with Crippen molar-refractivity contribution in [2.45, 2.75) is 6.42 Å². The molecule has 0 amide bonds. The SMILES string of the molecule is CN(CCC(=O)O)CCN1CCOCC1. The van der Waals surface area contributed by atoms with Crippen molar-refractivity contribution in [3.63, 3.8) is 0 Å². The Labute approximate surface area is 90.6 Å². The van der Waals surface area contributed by atoms with Crippen molar-refractivity contribution >= 4 is 5.97 Å². The van der Waals surface area contributed by atoms with E-state index in [1.165, 1.54) is 0 Å². The molecule has 1 rings (SSSR count). The Balaban J connectivity index is 2.04. The first-order valence-electron chi connectivity index (χ1n) is 5.39. The quantitative estimate of drug-likeness (QED) is 0.662. The molecule has 1 N–H and O–H groups in total. The number of nitrogens with zero attached hydrogens (tertiary/aromatic N) is 2. The van der Waals surface area contributed by atoms with E-state index in [4.69, 9.17) is 9.84 Å². The molecule has 1 aliphatic rings. The molecule has 1 saturated heterocycles. The van der Waals surface area contributed by atoms with Gasteiger partial charge < -0.3 is 14.7 Å². The van der Waals surface area contributed by atoms with Crippen molar-refractivity contribution < 1.29 is 14.6 Å². The van der Waals surface area contributed by atoms with Crippen molar-refractivity contribution in [1.82, 2.24) is 9.80 Å². The van der Waals surface area contributed by atoms with Crippen LogP contribution in [0.5, 0.6) is 0 Å². The molecule has 0 radical (unpaired) electrons. The first kappa shape index (κ1) is 12.4.